The van der Waals surface area contributed by atoms with E-state index in [1.807, 2.05) is 11.3 Å². The number of hydrogen-bond donors (Lipinski definition) is 1. The fourth-order valence-electron chi connectivity index (χ4n) is 1.83. The van der Waals surface area contributed by atoms with Crippen LogP contribution in [0.3, 0.4) is 0 Å². The average molecular weight is 211 g/mol. The Labute approximate surface area is 89.1 Å². The Hall–Kier alpha value is -0.380. The summed E-state index contributed by atoms with van der Waals surface area (Å²) < 4.78 is 5.72. The second kappa shape index (κ2) is 4.43. The molecule has 1 aromatic heterocycles. The van der Waals surface area contributed by atoms with E-state index >= 15 is 0 Å². The molecule has 1 aromatic rings. The van der Waals surface area contributed by atoms with Crippen LogP contribution in [0.5, 0.6) is 0 Å². The summed E-state index contributed by atoms with van der Waals surface area (Å²) in [7, 11) is 0. The zero-order valence-corrected chi connectivity index (χ0v) is 9.35. The second-order valence-electron chi connectivity index (χ2n) is 3.76. The summed E-state index contributed by atoms with van der Waals surface area (Å²) >= 11 is 1.84. The minimum absolute atomic E-state index is 0.147. The van der Waals surface area contributed by atoms with Gasteiger partial charge in [-0.3, -0.25) is 0 Å². The Balaban J connectivity index is 2.12. The van der Waals surface area contributed by atoms with Crippen LogP contribution in [0.1, 0.15) is 35.6 Å². The Kier molecular flexibility index (Phi) is 3.21. The first kappa shape index (κ1) is 10.1. The van der Waals surface area contributed by atoms with Crippen LogP contribution in [0.25, 0.3) is 0 Å². The summed E-state index contributed by atoms with van der Waals surface area (Å²) in [5, 5.41) is 0. The summed E-state index contributed by atoms with van der Waals surface area (Å²) in [6.45, 7) is 3.04. The molecule has 1 fully saturated rings. The van der Waals surface area contributed by atoms with Gasteiger partial charge in [0.05, 0.1) is 0 Å². The molecule has 2 rings (SSSR count). The lowest BCUT2D eigenvalue weighted by atomic mass is 10.0. The van der Waals surface area contributed by atoms with Crippen molar-refractivity contribution < 1.29 is 4.74 Å². The van der Waals surface area contributed by atoms with Crippen molar-refractivity contribution in [3.63, 3.8) is 0 Å². The molecule has 1 saturated heterocycles. The zero-order chi connectivity index (χ0) is 9.97. The maximum atomic E-state index is 6.04. The van der Waals surface area contributed by atoms with E-state index in [4.69, 9.17) is 10.5 Å². The van der Waals surface area contributed by atoms with Crippen LogP contribution in [0.15, 0.2) is 12.1 Å². The van der Waals surface area contributed by atoms with E-state index in [0.717, 1.165) is 25.9 Å². The molecular weight excluding hydrogens is 194 g/mol. The highest BCUT2D eigenvalue weighted by Gasteiger charge is 2.25. The number of thiophene rings is 1. The van der Waals surface area contributed by atoms with E-state index in [-0.39, 0.29) is 12.1 Å². The highest BCUT2D eigenvalue weighted by molar-refractivity contribution is 7.12. The number of aryl methyl sites for hydroxylation is 1. The van der Waals surface area contributed by atoms with E-state index in [2.05, 4.69) is 19.1 Å². The molecule has 2 N–H and O–H groups in total. The van der Waals surface area contributed by atoms with E-state index in [1.165, 1.54) is 9.75 Å². The lowest BCUT2D eigenvalue weighted by Gasteiger charge is -2.28. The van der Waals surface area contributed by atoms with Crippen LogP contribution in [-0.4, -0.2) is 12.6 Å². The van der Waals surface area contributed by atoms with Gasteiger partial charge in [0.2, 0.25) is 0 Å². The van der Waals surface area contributed by atoms with Crippen molar-refractivity contribution in [2.75, 3.05) is 6.61 Å². The lowest BCUT2D eigenvalue weighted by molar-refractivity contribution is 0.00235. The summed E-state index contributed by atoms with van der Waals surface area (Å²) in [4.78, 5) is 2.72. The summed E-state index contributed by atoms with van der Waals surface area (Å²) in [6.07, 6.45) is 3.44. The van der Waals surface area contributed by atoms with E-state index in [1.54, 1.807) is 0 Å². The third-order valence-corrected chi connectivity index (χ3v) is 3.97. The molecule has 0 radical (unpaired) electrons. The molecule has 14 heavy (non-hydrogen) atoms. The molecule has 0 saturated carbocycles. The number of rotatable bonds is 2. The van der Waals surface area contributed by atoms with Gasteiger partial charge in [-0.15, -0.1) is 11.3 Å². The summed E-state index contributed by atoms with van der Waals surface area (Å²) in [5.41, 5.74) is 6.04. The molecule has 2 atom stereocenters. The fraction of sp³-hybridized carbons (Fsp3) is 0.636. The molecule has 0 spiro atoms. The SMILES string of the molecule is CCc1ccc(C2OCCCC2N)s1. The van der Waals surface area contributed by atoms with E-state index < -0.39 is 0 Å². The van der Waals surface area contributed by atoms with Gasteiger partial charge in [-0.1, -0.05) is 6.92 Å². The minimum Gasteiger partial charge on any atom is -0.371 e. The van der Waals surface area contributed by atoms with Gasteiger partial charge in [0.1, 0.15) is 6.10 Å². The van der Waals surface area contributed by atoms with Gasteiger partial charge in [-0.25, -0.2) is 0 Å². The van der Waals surface area contributed by atoms with Gasteiger partial charge in [0, 0.05) is 22.4 Å². The first-order valence-electron chi connectivity index (χ1n) is 5.27. The summed E-state index contributed by atoms with van der Waals surface area (Å²) in [5.74, 6) is 0. The molecule has 0 bridgehead atoms. The van der Waals surface area contributed by atoms with Crippen molar-refractivity contribution in [2.24, 2.45) is 5.73 Å². The Bertz CT molecular complexity index is 297. The number of nitrogens with two attached hydrogens (primary N) is 1. The standard InChI is InChI=1S/C11H17NOS/c1-2-8-5-6-10(14-8)11-9(12)4-3-7-13-11/h5-6,9,11H,2-4,7,12H2,1H3. The molecule has 1 aliphatic rings. The quantitative estimate of drug-likeness (QED) is 0.815. The number of hydrogen-bond acceptors (Lipinski definition) is 3. The Morgan fingerprint density at radius 3 is 3.07 bits per heavy atom. The Morgan fingerprint density at radius 2 is 2.43 bits per heavy atom. The van der Waals surface area contributed by atoms with Crippen molar-refractivity contribution in [3.8, 4) is 0 Å². The molecule has 2 unspecified atom stereocenters. The van der Waals surface area contributed by atoms with Crippen LogP contribution in [0, 0.1) is 0 Å². The second-order valence-corrected chi connectivity index (χ2v) is 4.96. The molecule has 0 aromatic carbocycles. The molecule has 1 aliphatic heterocycles. The number of ether oxygens (including phenoxy) is 1. The topological polar surface area (TPSA) is 35.2 Å². The molecule has 2 nitrogen and oxygen atoms in total. The van der Waals surface area contributed by atoms with Crippen molar-refractivity contribution in [3.05, 3.63) is 21.9 Å². The van der Waals surface area contributed by atoms with Crippen molar-refractivity contribution >= 4 is 11.3 Å². The largest absolute Gasteiger partial charge is 0.371 e. The lowest BCUT2D eigenvalue weighted by Crippen LogP contribution is -2.33. The molecule has 2 heterocycles. The molecule has 0 amide bonds. The normalized spacial score (nSPS) is 27.9. The minimum atomic E-state index is 0.147. The smallest absolute Gasteiger partial charge is 0.107 e. The van der Waals surface area contributed by atoms with Crippen molar-refractivity contribution in [2.45, 2.75) is 38.3 Å². The van der Waals surface area contributed by atoms with Crippen molar-refractivity contribution in [1.29, 1.82) is 0 Å². The third-order valence-electron chi connectivity index (χ3n) is 2.68. The first-order valence-corrected chi connectivity index (χ1v) is 6.08. The van der Waals surface area contributed by atoms with Gasteiger partial charge >= 0.3 is 0 Å². The monoisotopic (exact) mass is 211 g/mol. The van der Waals surface area contributed by atoms with Crippen LogP contribution in [0.2, 0.25) is 0 Å². The van der Waals surface area contributed by atoms with Gasteiger partial charge in [0.15, 0.2) is 0 Å². The van der Waals surface area contributed by atoms with Crippen LogP contribution in [-0.2, 0) is 11.2 Å². The van der Waals surface area contributed by atoms with E-state index in [9.17, 15) is 0 Å². The maximum Gasteiger partial charge on any atom is 0.107 e. The fourth-order valence-corrected chi connectivity index (χ4v) is 2.91. The van der Waals surface area contributed by atoms with Gasteiger partial charge in [0.25, 0.3) is 0 Å². The highest BCUT2D eigenvalue weighted by Crippen LogP contribution is 2.32. The van der Waals surface area contributed by atoms with E-state index in [0.29, 0.717) is 0 Å². The van der Waals surface area contributed by atoms with Gasteiger partial charge in [-0.2, -0.15) is 0 Å². The van der Waals surface area contributed by atoms with Gasteiger partial charge in [-0.05, 0) is 31.4 Å². The predicted octanol–water partition coefficient (Wildman–Crippen LogP) is 2.49. The van der Waals surface area contributed by atoms with Crippen molar-refractivity contribution in [1.82, 2.24) is 0 Å². The van der Waals surface area contributed by atoms with Crippen LogP contribution >= 0.6 is 11.3 Å². The molecule has 3 heteroatoms. The molecule has 78 valence electrons. The molecule has 0 aliphatic carbocycles. The maximum absolute atomic E-state index is 6.04. The zero-order valence-electron chi connectivity index (χ0n) is 8.53. The highest BCUT2D eigenvalue weighted by atomic mass is 32.1. The Morgan fingerprint density at radius 1 is 1.57 bits per heavy atom. The predicted molar refractivity (Wildman–Crippen MR) is 59.6 cm³/mol. The van der Waals surface area contributed by atoms with Gasteiger partial charge < -0.3 is 10.5 Å². The summed E-state index contributed by atoms with van der Waals surface area (Å²) in [6, 6.07) is 4.54. The van der Waals surface area contributed by atoms with Crippen LogP contribution < -0.4 is 5.73 Å². The van der Waals surface area contributed by atoms with Crippen LogP contribution in [0.4, 0.5) is 0 Å². The average Bonchev–Trinajstić information content (AvgIpc) is 2.67. The molecular formula is C11H17NOS. The first-order chi connectivity index (χ1) is 6.81. The third kappa shape index (κ3) is 2.00.